The molecule has 6 nitrogen and oxygen atoms in total. The number of hydrogen-bond acceptors (Lipinski definition) is 5. The first-order valence-corrected chi connectivity index (χ1v) is 13.0. The third-order valence-electron chi connectivity index (χ3n) is 6.37. The lowest BCUT2D eigenvalue weighted by molar-refractivity contribution is 0.0930. The molecule has 38 heavy (non-hydrogen) atoms. The fraction of sp³-hybridized carbons (Fsp3) is 0.312. The van der Waals surface area contributed by atoms with Gasteiger partial charge in [0.15, 0.2) is 0 Å². The molecule has 0 bridgehead atoms. The Morgan fingerprint density at radius 1 is 1.21 bits per heavy atom. The monoisotopic (exact) mass is 511 g/mol. The van der Waals surface area contributed by atoms with Crippen LogP contribution < -0.4 is 10.1 Å². The van der Waals surface area contributed by atoms with Crippen molar-refractivity contribution in [3.05, 3.63) is 107 Å². The molecule has 2 N–H and O–H groups in total. The minimum Gasteiger partial charge on any atom is -0.490 e. The van der Waals surface area contributed by atoms with Crippen LogP contribution in [-0.4, -0.2) is 34.7 Å². The lowest BCUT2D eigenvalue weighted by Gasteiger charge is -2.24. The third-order valence-corrected chi connectivity index (χ3v) is 6.37. The molecule has 3 rings (SSSR count). The number of ether oxygens (including phenoxy) is 1. The van der Waals surface area contributed by atoms with Gasteiger partial charge in [0, 0.05) is 36.3 Å². The van der Waals surface area contributed by atoms with Gasteiger partial charge >= 0.3 is 0 Å². The van der Waals surface area contributed by atoms with Crippen LogP contribution >= 0.6 is 0 Å². The molecule has 0 aliphatic carbocycles. The summed E-state index contributed by atoms with van der Waals surface area (Å²) in [6, 6.07) is 14.9. The van der Waals surface area contributed by atoms with Crippen LogP contribution in [0.5, 0.6) is 5.75 Å². The zero-order valence-corrected chi connectivity index (χ0v) is 22.7. The fourth-order valence-electron chi connectivity index (χ4n) is 4.28. The number of allylic oxidation sites excluding steroid dienone is 4. The van der Waals surface area contributed by atoms with Crippen molar-refractivity contribution >= 4 is 11.5 Å². The van der Waals surface area contributed by atoms with Gasteiger partial charge in [-0.25, -0.2) is 0 Å². The number of nitrogens with one attached hydrogen (secondary N) is 1. The van der Waals surface area contributed by atoms with E-state index in [0.717, 1.165) is 28.8 Å². The highest BCUT2D eigenvalue weighted by Crippen LogP contribution is 2.25. The highest BCUT2D eigenvalue weighted by atomic mass is 16.5. The number of nitrogens with zero attached hydrogens (tertiary/aromatic N) is 2. The smallest absolute Gasteiger partial charge is 0.251 e. The molecule has 0 saturated heterocycles. The summed E-state index contributed by atoms with van der Waals surface area (Å²) < 4.78 is 5.65. The number of nitriles is 1. The number of hydrogen-bond donors (Lipinski definition) is 2. The Bertz CT molecular complexity index is 1280. The van der Waals surface area contributed by atoms with E-state index < -0.39 is 0 Å². The Morgan fingerprint density at radius 3 is 2.55 bits per heavy atom. The molecule has 2 aromatic carbocycles. The first-order chi connectivity index (χ1) is 18.2. The van der Waals surface area contributed by atoms with E-state index in [1.807, 2.05) is 43.2 Å². The van der Waals surface area contributed by atoms with Crippen molar-refractivity contribution < 1.29 is 14.6 Å². The highest BCUT2D eigenvalue weighted by Gasteiger charge is 2.17. The normalized spacial score (nSPS) is 14.2. The summed E-state index contributed by atoms with van der Waals surface area (Å²) in [6.45, 7) is 12.1. The van der Waals surface area contributed by atoms with Crippen molar-refractivity contribution in [3.8, 4) is 11.8 Å². The lowest BCUT2D eigenvalue weighted by atomic mass is 9.99. The second-order valence-corrected chi connectivity index (χ2v) is 9.63. The van der Waals surface area contributed by atoms with Gasteiger partial charge in [-0.3, -0.25) is 4.79 Å². The van der Waals surface area contributed by atoms with Crippen LogP contribution in [0.3, 0.4) is 0 Å². The number of rotatable bonds is 11. The number of aliphatic hydroxyl groups excluding tert-OH is 1. The molecule has 198 valence electrons. The average molecular weight is 512 g/mol. The van der Waals surface area contributed by atoms with Crippen molar-refractivity contribution in [2.75, 3.05) is 6.61 Å². The molecule has 2 aromatic rings. The SMILES string of the molecule is C=C1C(CC)=CC=CN1/C=C(\C)c1ccc(C[C@@H](CCO)NC(=O)c2ccc(OC(C)C)c(C#N)c2)cc1. The molecule has 1 heterocycles. The highest BCUT2D eigenvalue weighted by molar-refractivity contribution is 5.95. The summed E-state index contributed by atoms with van der Waals surface area (Å²) in [5.74, 6) is 0.167. The topological polar surface area (TPSA) is 85.6 Å². The third kappa shape index (κ3) is 7.47. The van der Waals surface area contributed by atoms with Crippen molar-refractivity contribution in [1.29, 1.82) is 5.26 Å². The van der Waals surface area contributed by atoms with Crippen molar-refractivity contribution in [3.63, 3.8) is 0 Å². The van der Waals surface area contributed by atoms with Gasteiger partial charge < -0.3 is 20.1 Å². The molecular weight excluding hydrogens is 474 g/mol. The molecule has 1 aliphatic heterocycles. The molecule has 6 heteroatoms. The Labute approximate surface area is 226 Å². The van der Waals surface area contributed by atoms with Crippen LogP contribution in [0.2, 0.25) is 0 Å². The van der Waals surface area contributed by atoms with Crippen molar-refractivity contribution in [2.45, 2.75) is 59.1 Å². The van der Waals surface area contributed by atoms with Crippen LogP contribution in [0.1, 0.15) is 67.6 Å². The molecule has 1 aliphatic rings. The van der Waals surface area contributed by atoms with E-state index in [1.54, 1.807) is 18.2 Å². The largest absolute Gasteiger partial charge is 0.490 e. The summed E-state index contributed by atoms with van der Waals surface area (Å²) in [7, 11) is 0. The summed E-state index contributed by atoms with van der Waals surface area (Å²) in [5, 5.41) is 22.1. The summed E-state index contributed by atoms with van der Waals surface area (Å²) in [4.78, 5) is 15.0. The second-order valence-electron chi connectivity index (χ2n) is 9.63. The standard InChI is InChI=1S/C32H37N3O3/c1-6-26-8-7-16-35(24(26)5)21-23(4)27-11-9-25(10-12-27)18-30(15-17-36)34-32(37)28-13-14-31(38-22(2)3)29(19-28)20-33/h7-14,16,19,21-22,30,36H,5-6,15,17-18H2,1-4H3,(H,34,37)/b23-21+/t30-/m1/s1. The van der Waals surface area contributed by atoms with Gasteiger partial charge in [0.25, 0.3) is 5.91 Å². The van der Waals surface area contributed by atoms with Gasteiger partial charge in [-0.15, -0.1) is 0 Å². The molecule has 0 unspecified atom stereocenters. The van der Waals surface area contributed by atoms with Crippen LogP contribution in [0.4, 0.5) is 0 Å². The van der Waals surface area contributed by atoms with Gasteiger partial charge in [-0.05, 0) is 86.6 Å². The number of benzene rings is 2. The van der Waals surface area contributed by atoms with Gasteiger partial charge in [-0.2, -0.15) is 5.26 Å². The van der Waals surface area contributed by atoms with Crippen LogP contribution in [0, 0.1) is 11.3 Å². The first kappa shape index (κ1) is 28.5. The Hall–Kier alpha value is -4.08. The molecule has 0 aromatic heterocycles. The Balaban J connectivity index is 1.68. The fourth-order valence-corrected chi connectivity index (χ4v) is 4.28. The molecule has 0 saturated carbocycles. The molecule has 0 spiro atoms. The zero-order valence-electron chi connectivity index (χ0n) is 22.7. The lowest BCUT2D eigenvalue weighted by Crippen LogP contribution is -2.37. The number of carbonyl (C=O) groups is 1. The van der Waals surface area contributed by atoms with E-state index in [2.05, 4.69) is 56.2 Å². The molecule has 1 amide bonds. The van der Waals surface area contributed by atoms with Crippen LogP contribution in [-0.2, 0) is 6.42 Å². The van der Waals surface area contributed by atoms with E-state index in [1.165, 1.54) is 5.57 Å². The minimum atomic E-state index is -0.290. The van der Waals surface area contributed by atoms with E-state index in [-0.39, 0.29) is 24.7 Å². The molecular formula is C32H37N3O3. The first-order valence-electron chi connectivity index (χ1n) is 13.0. The zero-order chi connectivity index (χ0) is 27.7. The van der Waals surface area contributed by atoms with Crippen LogP contribution in [0.15, 0.2) is 84.9 Å². The quantitative estimate of drug-likeness (QED) is 0.380. The number of aliphatic hydroxyl groups is 1. The summed E-state index contributed by atoms with van der Waals surface area (Å²) in [5.41, 5.74) is 6.15. The van der Waals surface area contributed by atoms with E-state index in [0.29, 0.717) is 29.7 Å². The minimum absolute atomic E-state index is 0.0447. The maximum absolute atomic E-state index is 13.0. The maximum atomic E-state index is 13.0. The van der Waals surface area contributed by atoms with Crippen molar-refractivity contribution in [1.82, 2.24) is 10.2 Å². The van der Waals surface area contributed by atoms with Gasteiger partial charge in [0.05, 0.1) is 11.7 Å². The Morgan fingerprint density at radius 2 is 1.92 bits per heavy atom. The van der Waals surface area contributed by atoms with E-state index in [4.69, 9.17) is 4.74 Å². The second kappa shape index (κ2) is 13.5. The average Bonchev–Trinajstić information content (AvgIpc) is 2.90. The van der Waals surface area contributed by atoms with E-state index >= 15 is 0 Å². The molecule has 0 radical (unpaired) electrons. The summed E-state index contributed by atoms with van der Waals surface area (Å²) >= 11 is 0. The number of amides is 1. The maximum Gasteiger partial charge on any atom is 0.251 e. The predicted octanol–water partition coefficient (Wildman–Crippen LogP) is 6.11. The van der Waals surface area contributed by atoms with Crippen molar-refractivity contribution in [2.24, 2.45) is 0 Å². The Kier molecular flexibility index (Phi) is 10.1. The summed E-state index contributed by atoms with van der Waals surface area (Å²) in [6.07, 6.45) is 10.1. The number of carbonyl (C=O) groups excluding carboxylic acids is 1. The predicted molar refractivity (Wildman–Crippen MR) is 152 cm³/mol. The van der Waals surface area contributed by atoms with Gasteiger partial charge in [0.1, 0.15) is 11.8 Å². The van der Waals surface area contributed by atoms with E-state index in [9.17, 15) is 15.2 Å². The van der Waals surface area contributed by atoms with Gasteiger partial charge in [-0.1, -0.05) is 43.8 Å². The van der Waals surface area contributed by atoms with Crippen LogP contribution in [0.25, 0.3) is 5.57 Å². The molecule has 1 atom stereocenters. The van der Waals surface area contributed by atoms with Gasteiger partial charge in [0.2, 0.25) is 0 Å². The molecule has 0 fully saturated rings.